The molecule has 0 aliphatic heterocycles. The third kappa shape index (κ3) is 3.41. The molecular formula is C11H7F6N3O2S. The van der Waals surface area contributed by atoms with E-state index in [1.54, 1.807) is 0 Å². The van der Waals surface area contributed by atoms with E-state index in [1.807, 2.05) is 0 Å². The number of halogens is 6. The van der Waals surface area contributed by atoms with Crippen molar-refractivity contribution in [1.29, 1.82) is 0 Å². The van der Waals surface area contributed by atoms with Gasteiger partial charge in [-0.05, 0) is 0 Å². The monoisotopic (exact) mass is 359 g/mol. The molecule has 0 atom stereocenters. The molecule has 0 bridgehead atoms. The molecular weight excluding hydrogens is 352 g/mol. The van der Waals surface area contributed by atoms with Crippen LogP contribution in [0.1, 0.15) is 20.9 Å². The Balaban J connectivity index is 2.46. The Labute approximate surface area is 128 Å². The van der Waals surface area contributed by atoms with E-state index in [1.165, 1.54) is 0 Å². The van der Waals surface area contributed by atoms with Gasteiger partial charge in [0.25, 0.3) is 5.91 Å². The molecule has 2 N–H and O–H groups in total. The molecule has 0 aliphatic carbocycles. The lowest BCUT2D eigenvalue weighted by Crippen LogP contribution is -2.18. The normalized spacial score (nSPS) is 12.5. The fourth-order valence-corrected chi connectivity index (χ4v) is 2.36. The van der Waals surface area contributed by atoms with Crippen molar-refractivity contribution in [3.05, 3.63) is 27.6 Å². The van der Waals surface area contributed by atoms with Crippen LogP contribution in [0.5, 0.6) is 11.6 Å². The van der Waals surface area contributed by atoms with E-state index < -0.39 is 40.3 Å². The van der Waals surface area contributed by atoms with E-state index in [9.17, 15) is 31.1 Å². The number of rotatable bonds is 3. The number of aryl methyl sites for hydroxylation is 1. The van der Waals surface area contributed by atoms with E-state index in [4.69, 9.17) is 10.5 Å². The summed E-state index contributed by atoms with van der Waals surface area (Å²) in [6, 6.07) is 0.593. The van der Waals surface area contributed by atoms with Crippen molar-refractivity contribution in [2.75, 3.05) is 0 Å². The summed E-state index contributed by atoms with van der Waals surface area (Å²) in [6.07, 6.45) is -9.60. The number of hydrogen-bond acceptors (Lipinski definition) is 4. The van der Waals surface area contributed by atoms with Gasteiger partial charge in [0.1, 0.15) is 16.2 Å². The lowest BCUT2D eigenvalue weighted by atomic mass is 10.2. The summed E-state index contributed by atoms with van der Waals surface area (Å²) in [5, 5.41) is 4.04. The molecule has 0 radical (unpaired) electrons. The number of amides is 1. The average Bonchev–Trinajstić information content (AvgIpc) is 2.94. The summed E-state index contributed by atoms with van der Waals surface area (Å²) in [5.41, 5.74) is 2.27. The Kier molecular flexibility index (Phi) is 4.05. The number of primary amides is 1. The molecule has 1 amide bonds. The number of thiophene rings is 1. The van der Waals surface area contributed by atoms with Crippen molar-refractivity contribution >= 4 is 17.2 Å². The van der Waals surface area contributed by atoms with Crippen molar-refractivity contribution in [3.63, 3.8) is 0 Å². The number of carbonyl (C=O) groups excluding carboxylic acids is 1. The highest BCUT2D eigenvalue weighted by atomic mass is 32.1. The first kappa shape index (κ1) is 17.1. The first-order valence-electron chi connectivity index (χ1n) is 5.69. The quantitative estimate of drug-likeness (QED) is 0.854. The van der Waals surface area contributed by atoms with Crippen LogP contribution in [0.2, 0.25) is 0 Å². The van der Waals surface area contributed by atoms with Crippen LogP contribution < -0.4 is 10.5 Å². The standard InChI is InChI=1S/C11H7F6N3O2S/c1-20-9(6(8(18)21)7(19-20)11(15,16)17)22-4-2-5(23-3-4)10(12,13)14/h2-3H,1H3,(H2,18,21). The Morgan fingerprint density at radius 1 is 1.26 bits per heavy atom. The molecule has 0 fully saturated rings. The molecule has 0 saturated heterocycles. The van der Waals surface area contributed by atoms with E-state index >= 15 is 0 Å². The lowest BCUT2D eigenvalue weighted by Gasteiger charge is -2.06. The fourth-order valence-electron chi connectivity index (χ4n) is 1.68. The average molecular weight is 359 g/mol. The maximum Gasteiger partial charge on any atom is 0.436 e. The minimum absolute atomic E-state index is 0.290. The number of nitrogens with zero attached hydrogens (tertiary/aromatic N) is 2. The van der Waals surface area contributed by atoms with Gasteiger partial charge in [-0.2, -0.15) is 31.4 Å². The number of ether oxygens (including phenoxy) is 1. The second-order valence-corrected chi connectivity index (χ2v) is 5.17. The van der Waals surface area contributed by atoms with Gasteiger partial charge in [-0.25, -0.2) is 4.68 Å². The topological polar surface area (TPSA) is 70.1 Å². The predicted molar refractivity (Wildman–Crippen MR) is 66.1 cm³/mol. The molecule has 0 aliphatic rings. The smallest absolute Gasteiger partial charge is 0.436 e. The van der Waals surface area contributed by atoms with Crippen LogP contribution >= 0.6 is 11.3 Å². The minimum atomic E-state index is -4.98. The largest absolute Gasteiger partial charge is 0.438 e. The van der Waals surface area contributed by atoms with Crippen molar-refractivity contribution in [2.45, 2.75) is 12.4 Å². The highest BCUT2D eigenvalue weighted by molar-refractivity contribution is 7.10. The fraction of sp³-hybridized carbons (Fsp3) is 0.273. The van der Waals surface area contributed by atoms with E-state index in [2.05, 4.69) is 5.10 Å². The van der Waals surface area contributed by atoms with Gasteiger partial charge in [0, 0.05) is 18.5 Å². The molecule has 2 rings (SSSR count). The van der Waals surface area contributed by atoms with Gasteiger partial charge in [-0.1, -0.05) is 0 Å². The van der Waals surface area contributed by atoms with Crippen LogP contribution in [-0.4, -0.2) is 15.7 Å². The molecule has 2 aromatic rings. The predicted octanol–water partition coefficient (Wildman–Crippen LogP) is 3.41. The van der Waals surface area contributed by atoms with Crippen LogP contribution in [0.25, 0.3) is 0 Å². The Bertz CT molecular complexity index is 746. The zero-order valence-electron chi connectivity index (χ0n) is 11.1. The first-order chi connectivity index (χ1) is 10.4. The number of alkyl halides is 6. The minimum Gasteiger partial charge on any atom is -0.438 e. The molecule has 12 heteroatoms. The summed E-state index contributed by atoms with van der Waals surface area (Å²) < 4.78 is 81.5. The van der Waals surface area contributed by atoms with Gasteiger partial charge < -0.3 is 10.5 Å². The third-order valence-corrected chi connectivity index (χ3v) is 3.53. The van der Waals surface area contributed by atoms with Crippen LogP contribution in [0.4, 0.5) is 26.3 Å². The molecule has 2 heterocycles. The lowest BCUT2D eigenvalue weighted by molar-refractivity contribution is -0.141. The third-order valence-electron chi connectivity index (χ3n) is 2.58. The maximum absolute atomic E-state index is 12.8. The van der Waals surface area contributed by atoms with E-state index in [0.29, 0.717) is 22.1 Å². The van der Waals surface area contributed by atoms with Gasteiger partial charge in [0.2, 0.25) is 5.88 Å². The van der Waals surface area contributed by atoms with Gasteiger partial charge in [0.05, 0.1) is 0 Å². The van der Waals surface area contributed by atoms with Gasteiger partial charge >= 0.3 is 12.4 Å². The first-order valence-corrected chi connectivity index (χ1v) is 6.56. The summed E-state index contributed by atoms with van der Waals surface area (Å²) in [6.45, 7) is 0. The Hall–Kier alpha value is -2.24. The van der Waals surface area contributed by atoms with Crippen molar-refractivity contribution in [1.82, 2.24) is 9.78 Å². The second kappa shape index (κ2) is 5.44. The zero-order valence-corrected chi connectivity index (χ0v) is 11.9. The van der Waals surface area contributed by atoms with Gasteiger partial charge in [0.15, 0.2) is 5.69 Å². The molecule has 5 nitrogen and oxygen atoms in total. The van der Waals surface area contributed by atoms with Crippen LogP contribution in [0.3, 0.4) is 0 Å². The van der Waals surface area contributed by atoms with Crippen molar-refractivity contribution in [2.24, 2.45) is 12.8 Å². The van der Waals surface area contributed by atoms with Crippen LogP contribution in [0, 0.1) is 0 Å². The van der Waals surface area contributed by atoms with Gasteiger partial charge in [-0.3, -0.25) is 4.79 Å². The molecule has 0 saturated carbocycles. The maximum atomic E-state index is 12.8. The molecule has 2 aromatic heterocycles. The van der Waals surface area contributed by atoms with E-state index in [-0.39, 0.29) is 5.75 Å². The molecule has 0 aromatic carbocycles. The second-order valence-electron chi connectivity index (χ2n) is 4.26. The van der Waals surface area contributed by atoms with Crippen molar-refractivity contribution < 1.29 is 35.9 Å². The van der Waals surface area contributed by atoms with Gasteiger partial charge in [-0.15, -0.1) is 11.3 Å². The Morgan fingerprint density at radius 3 is 2.30 bits per heavy atom. The summed E-state index contributed by atoms with van der Waals surface area (Å²) in [5.74, 6) is -2.55. The molecule has 0 unspecified atom stereocenters. The number of nitrogens with two attached hydrogens (primary N) is 1. The van der Waals surface area contributed by atoms with E-state index in [0.717, 1.165) is 12.4 Å². The summed E-state index contributed by atoms with van der Waals surface area (Å²) in [7, 11) is 1.04. The molecule has 126 valence electrons. The van der Waals surface area contributed by atoms with Crippen LogP contribution in [0.15, 0.2) is 11.4 Å². The summed E-state index contributed by atoms with van der Waals surface area (Å²) >= 11 is 0.290. The molecule has 0 spiro atoms. The highest BCUT2D eigenvalue weighted by Crippen LogP contribution is 2.40. The highest BCUT2D eigenvalue weighted by Gasteiger charge is 2.41. The Morgan fingerprint density at radius 2 is 1.87 bits per heavy atom. The summed E-state index contributed by atoms with van der Waals surface area (Å²) in [4.78, 5) is 10.3. The molecule has 23 heavy (non-hydrogen) atoms. The van der Waals surface area contributed by atoms with Crippen molar-refractivity contribution in [3.8, 4) is 11.6 Å². The van der Waals surface area contributed by atoms with Crippen LogP contribution in [-0.2, 0) is 19.4 Å². The number of hydrogen-bond donors (Lipinski definition) is 1. The SMILES string of the molecule is Cn1nc(C(F)(F)F)c(C(N)=O)c1Oc1csc(C(F)(F)F)c1. The number of aromatic nitrogens is 2. The zero-order chi connectivity index (χ0) is 17.6. The number of carbonyl (C=O) groups is 1.